The minimum atomic E-state index is -2.98. The van der Waals surface area contributed by atoms with Crippen LogP contribution in [0, 0.1) is 0 Å². The number of alkyl halides is 4. The van der Waals surface area contributed by atoms with Crippen LogP contribution in [-0.2, 0) is 4.79 Å². The van der Waals surface area contributed by atoms with Crippen molar-refractivity contribution < 1.29 is 36.7 Å². The molecular formula is C22H20F4NO3+. The first-order valence-corrected chi connectivity index (χ1v) is 9.18. The average Bonchev–Trinajstić information content (AvgIpc) is 2.67. The Hall–Kier alpha value is -3.13. The molecule has 0 spiro atoms. The van der Waals surface area contributed by atoms with E-state index in [4.69, 9.17) is 0 Å². The molecule has 1 saturated heterocycles. The number of halogens is 4. The van der Waals surface area contributed by atoms with Gasteiger partial charge in [0, 0.05) is 11.1 Å². The van der Waals surface area contributed by atoms with E-state index in [-0.39, 0.29) is 17.3 Å². The zero-order valence-electron chi connectivity index (χ0n) is 16.1. The molecule has 1 atom stereocenters. The van der Waals surface area contributed by atoms with Crippen molar-refractivity contribution in [2.24, 2.45) is 0 Å². The van der Waals surface area contributed by atoms with Crippen LogP contribution in [0.2, 0.25) is 0 Å². The molecule has 1 N–H and O–H groups in total. The lowest BCUT2D eigenvalue weighted by atomic mass is 9.94. The van der Waals surface area contributed by atoms with E-state index in [0.717, 1.165) is 4.90 Å². The maximum Gasteiger partial charge on any atom is 0.387 e. The van der Waals surface area contributed by atoms with E-state index < -0.39 is 13.2 Å². The van der Waals surface area contributed by atoms with Gasteiger partial charge in [0.1, 0.15) is 24.6 Å². The zero-order chi connectivity index (χ0) is 21.7. The van der Waals surface area contributed by atoms with Crippen molar-refractivity contribution in [1.82, 2.24) is 0 Å². The largest absolute Gasteiger partial charge is 0.434 e. The normalized spacial score (nSPS) is 19.7. The highest BCUT2D eigenvalue weighted by molar-refractivity contribution is 6.14. The Morgan fingerprint density at radius 1 is 0.800 bits per heavy atom. The van der Waals surface area contributed by atoms with E-state index in [1.807, 2.05) is 7.05 Å². The van der Waals surface area contributed by atoms with Gasteiger partial charge in [0.05, 0.1) is 18.2 Å². The van der Waals surface area contributed by atoms with Crippen LogP contribution >= 0.6 is 0 Å². The Kier molecular flexibility index (Phi) is 6.89. The van der Waals surface area contributed by atoms with E-state index in [1.165, 1.54) is 24.3 Å². The van der Waals surface area contributed by atoms with Crippen LogP contribution < -0.4 is 14.4 Å². The van der Waals surface area contributed by atoms with Gasteiger partial charge in [-0.25, -0.2) is 0 Å². The third kappa shape index (κ3) is 5.48. The summed E-state index contributed by atoms with van der Waals surface area (Å²) in [5, 5.41) is 0. The zero-order valence-corrected chi connectivity index (χ0v) is 16.1. The van der Waals surface area contributed by atoms with Crippen molar-refractivity contribution in [2.45, 2.75) is 13.2 Å². The summed E-state index contributed by atoms with van der Waals surface area (Å²) in [6.07, 6.45) is 3.05. The highest BCUT2D eigenvalue weighted by Gasteiger charge is 2.28. The second-order valence-corrected chi connectivity index (χ2v) is 6.81. The number of hydrogen-bond donors (Lipinski definition) is 1. The number of benzene rings is 2. The smallest absolute Gasteiger partial charge is 0.387 e. The Balaban J connectivity index is 1.95. The predicted molar refractivity (Wildman–Crippen MR) is 104 cm³/mol. The van der Waals surface area contributed by atoms with Gasteiger partial charge in [-0.2, -0.15) is 17.6 Å². The number of piperidine rings is 1. The van der Waals surface area contributed by atoms with Gasteiger partial charge < -0.3 is 14.4 Å². The lowest BCUT2D eigenvalue weighted by molar-refractivity contribution is -0.870. The summed E-state index contributed by atoms with van der Waals surface area (Å²) in [5.41, 5.74) is 1.53. The highest BCUT2D eigenvalue weighted by atomic mass is 19.3. The van der Waals surface area contributed by atoms with Gasteiger partial charge in [-0.3, -0.25) is 4.79 Å². The Morgan fingerprint density at radius 3 is 1.60 bits per heavy atom. The summed E-state index contributed by atoms with van der Waals surface area (Å²) in [5.74, 6) is -0.339. The molecule has 1 aliphatic heterocycles. The number of carbonyl (C=O) groups excluding carboxylic acids is 1. The SMILES string of the molecule is C[NH+]1C/C(=C/c2ccccc2OC(F)F)C(=O)/C(=C/c2ccccc2OC(F)F)C1. The molecular weight excluding hydrogens is 402 g/mol. The third-order valence-electron chi connectivity index (χ3n) is 4.50. The maximum absolute atomic E-state index is 13.0. The Morgan fingerprint density at radius 2 is 1.20 bits per heavy atom. The predicted octanol–water partition coefficient (Wildman–Crippen LogP) is 3.45. The average molecular weight is 422 g/mol. The number of nitrogens with one attached hydrogen (secondary N) is 1. The molecule has 3 rings (SSSR count). The topological polar surface area (TPSA) is 40.0 Å². The fourth-order valence-electron chi connectivity index (χ4n) is 3.29. The van der Waals surface area contributed by atoms with Gasteiger partial charge in [-0.1, -0.05) is 36.4 Å². The monoisotopic (exact) mass is 422 g/mol. The van der Waals surface area contributed by atoms with E-state index in [9.17, 15) is 22.4 Å². The molecule has 1 unspecified atom stereocenters. The van der Waals surface area contributed by atoms with Crippen molar-refractivity contribution in [3.8, 4) is 11.5 Å². The van der Waals surface area contributed by atoms with E-state index in [1.54, 1.807) is 36.4 Å². The van der Waals surface area contributed by atoms with Crippen LogP contribution in [0.15, 0.2) is 59.7 Å². The number of likely N-dealkylation sites (N-methyl/N-ethyl adjacent to an activating group) is 1. The molecule has 1 aliphatic rings. The van der Waals surface area contributed by atoms with Crippen LogP contribution in [0.5, 0.6) is 11.5 Å². The molecule has 0 bridgehead atoms. The van der Waals surface area contributed by atoms with Crippen molar-refractivity contribution in [3.63, 3.8) is 0 Å². The number of likely N-dealkylation sites (tertiary alicyclic amines) is 1. The number of para-hydroxylation sites is 2. The number of ketones is 1. The summed E-state index contributed by atoms with van der Waals surface area (Å²) in [6.45, 7) is -5.20. The van der Waals surface area contributed by atoms with E-state index in [0.29, 0.717) is 35.4 Å². The maximum atomic E-state index is 13.0. The Labute approximate surface area is 171 Å². The second-order valence-electron chi connectivity index (χ2n) is 6.81. The summed E-state index contributed by atoms with van der Waals surface area (Å²) in [6, 6.07) is 12.4. The quantitative estimate of drug-likeness (QED) is 0.573. The molecule has 30 heavy (non-hydrogen) atoms. The number of rotatable bonds is 6. The number of Topliss-reactive ketones (excluding diaryl/α,β-unsaturated/α-hetero) is 1. The van der Waals surface area contributed by atoms with Gasteiger partial charge in [-0.05, 0) is 24.3 Å². The van der Waals surface area contributed by atoms with Crippen molar-refractivity contribution >= 4 is 17.9 Å². The fourth-order valence-corrected chi connectivity index (χ4v) is 3.29. The molecule has 0 radical (unpaired) electrons. The summed E-state index contributed by atoms with van der Waals surface area (Å²) in [7, 11) is 1.87. The highest BCUT2D eigenvalue weighted by Crippen LogP contribution is 2.26. The Bertz CT molecular complexity index is 897. The third-order valence-corrected chi connectivity index (χ3v) is 4.50. The minimum Gasteiger partial charge on any atom is -0.434 e. The molecule has 0 aromatic heterocycles. The summed E-state index contributed by atoms with van der Waals surface area (Å²) >= 11 is 0. The number of carbonyl (C=O) groups is 1. The molecule has 0 amide bonds. The van der Waals surface area contributed by atoms with Crippen LogP contribution in [0.3, 0.4) is 0 Å². The van der Waals surface area contributed by atoms with E-state index >= 15 is 0 Å². The second kappa shape index (κ2) is 9.58. The minimum absolute atomic E-state index is 0.0303. The molecule has 158 valence electrons. The summed E-state index contributed by atoms with van der Waals surface area (Å²) < 4.78 is 59.7. The first-order valence-electron chi connectivity index (χ1n) is 9.18. The lowest BCUT2D eigenvalue weighted by Crippen LogP contribution is -3.10. The molecule has 0 aliphatic carbocycles. The van der Waals surface area contributed by atoms with Gasteiger partial charge in [0.2, 0.25) is 0 Å². The fraction of sp³-hybridized carbons (Fsp3) is 0.227. The molecule has 4 nitrogen and oxygen atoms in total. The first-order chi connectivity index (χ1) is 14.3. The van der Waals surface area contributed by atoms with Gasteiger partial charge in [-0.15, -0.1) is 0 Å². The lowest BCUT2D eigenvalue weighted by Gasteiger charge is -2.23. The van der Waals surface area contributed by atoms with Crippen molar-refractivity contribution in [1.29, 1.82) is 0 Å². The van der Waals surface area contributed by atoms with E-state index in [2.05, 4.69) is 9.47 Å². The number of hydrogen-bond acceptors (Lipinski definition) is 3. The molecule has 2 aromatic rings. The summed E-state index contributed by atoms with van der Waals surface area (Å²) in [4.78, 5) is 14.0. The molecule has 1 fully saturated rings. The van der Waals surface area contributed by atoms with Crippen molar-refractivity contribution in [3.05, 3.63) is 70.8 Å². The van der Waals surface area contributed by atoms with Crippen LogP contribution in [0.25, 0.3) is 12.2 Å². The van der Waals surface area contributed by atoms with Crippen molar-refractivity contribution in [2.75, 3.05) is 20.1 Å². The molecule has 8 heteroatoms. The number of quaternary nitrogens is 1. The van der Waals surface area contributed by atoms with Crippen LogP contribution in [0.1, 0.15) is 11.1 Å². The van der Waals surface area contributed by atoms with Gasteiger partial charge in [0.25, 0.3) is 0 Å². The van der Waals surface area contributed by atoms with Gasteiger partial charge in [0.15, 0.2) is 5.78 Å². The van der Waals surface area contributed by atoms with Crippen LogP contribution in [-0.4, -0.2) is 39.1 Å². The van der Waals surface area contributed by atoms with Gasteiger partial charge >= 0.3 is 13.2 Å². The first kappa shape index (κ1) is 21.6. The molecule has 1 heterocycles. The molecule has 2 aromatic carbocycles. The van der Waals surface area contributed by atoms with Crippen LogP contribution in [0.4, 0.5) is 17.6 Å². The standard InChI is InChI=1S/C22H19F4NO3/c1-27-12-16(10-14-6-2-4-8-18(14)29-21(23)24)20(28)17(13-27)11-15-7-3-5-9-19(15)30-22(25)26/h2-11,21-22H,12-13H2,1H3/p+1/b16-10-,17-11+. The molecule has 0 saturated carbocycles. The number of ether oxygens (including phenoxy) is 2.